The quantitative estimate of drug-likeness (QED) is 0.907. The minimum Gasteiger partial charge on any atom is -0.487 e. The lowest BCUT2D eigenvalue weighted by Gasteiger charge is -2.41. The standard InChI is InChI=1S/C12H14F3NO2/c1-17-11-8(16)6-10(11)18-9-5-3-2-4-7(9)12(13,14)15/h2-5,8,10-11H,6,16H2,1H3. The zero-order chi connectivity index (χ0) is 13.3. The maximum Gasteiger partial charge on any atom is 0.419 e. The van der Waals surface area contributed by atoms with E-state index in [4.69, 9.17) is 15.2 Å². The highest BCUT2D eigenvalue weighted by molar-refractivity contribution is 5.36. The molecular formula is C12H14F3NO2. The van der Waals surface area contributed by atoms with Crippen molar-refractivity contribution in [3.05, 3.63) is 29.8 Å². The molecule has 3 atom stereocenters. The summed E-state index contributed by atoms with van der Waals surface area (Å²) < 4.78 is 48.7. The highest BCUT2D eigenvalue weighted by Crippen LogP contribution is 2.38. The highest BCUT2D eigenvalue weighted by atomic mass is 19.4. The monoisotopic (exact) mass is 261 g/mol. The van der Waals surface area contributed by atoms with Crippen LogP contribution in [0.1, 0.15) is 12.0 Å². The second kappa shape index (κ2) is 4.78. The van der Waals surface area contributed by atoms with Crippen molar-refractivity contribution in [1.82, 2.24) is 0 Å². The molecule has 1 fully saturated rings. The lowest BCUT2D eigenvalue weighted by molar-refractivity contribution is -0.141. The van der Waals surface area contributed by atoms with E-state index in [1.165, 1.54) is 25.3 Å². The van der Waals surface area contributed by atoms with E-state index in [2.05, 4.69) is 0 Å². The SMILES string of the molecule is COC1C(N)CC1Oc1ccccc1C(F)(F)F. The fourth-order valence-corrected chi connectivity index (χ4v) is 2.02. The summed E-state index contributed by atoms with van der Waals surface area (Å²) in [5, 5.41) is 0. The van der Waals surface area contributed by atoms with Crippen LogP contribution in [0.15, 0.2) is 24.3 Å². The summed E-state index contributed by atoms with van der Waals surface area (Å²) >= 11 is 0. The first-order valence-electron chi connectivity index (χ1n) is 5.54. The molecule has 0 radical (unpaired) electrons. The van der Waals surface area contributed by atoms with Crippen LogP contribution in [-0.2, 0) is 10.9 Å². The van der Waals surface area contributed by atoms with Crippen LogP contribution >= 0.6 is 0 Å². The summed E-state index contributed by atoms with van der Waals surface area (Å²) in [5.74, 6) is -0.177. The Morgan fingerprint density at radius 2 is 1.94 bits per heavy atom. The lowest BCUT2D eigenvalue weighted by atomic mass is 9.86. The van der Waals surface area contributed by atoms with Crippen LogP contribution in [-0.4, -0.2) is 25.4 Å². The third-order valence-electron chi connectivity index (χ3n) is 3.04. The van der Waals surface area contributed by atoms with Crippen molar-refractivity contribution in [3.63, 3.8) is 0 Å². The number of hydrogen-bond acceptors (Lipinski definition) is 3. The first kappa shape index (κ1) is 13.2. The number of halogens is 3. The first-order chi connectivity index (χ1) is 8.43. The molecule has 0 heterocycles. The maximum atomic E-state index is 12.7. The Labute approximate surface area is 103 Å². The van der Waals surface area contributed by atoms with E-state index in [0.717, 1.165) is 6.07 Å². The lowest BCUT2D eigenvalue weighted by Crippen LogP contribution is -2.59. The van der Waals surface area contributed by atoms with E-state index in [1.54, 1.807) is 0 Å². The molecule has 1 saturated carbocycles. The molecule has 2 N–H and O–H groups in total. The van der Waals surface area contributed by atoms with Crippen molar-refractivity contribution in [3.8, 4) is 5.75 Å². The molecule has 2 rings (SSSR count). The molecule has 0 aliphatic heterocycles. The Hall–Kier alpha value is -1.27. The van der Waals surface area contributed by atoms with E-state index >= 15 is 0 Å². The third kappa shape index (κ3) is 2.44. The second-order valence-electron chi connectivity index (χ2n) is 4.25. The van der Waals surface area contributed by atoms with Gasteiger partial charge in [-0.05, 0) is 12.1 Å². The van der Waals surface area contributed by atoms with Gasteiger partial charge in [-0.1, -0.05) is 12.1 Å². The van der Waals surface area contributed by atoms with Gasteiger partial charge in [-0.15, -0.1) is 0 Å². The van der Waals surface area contributed by atoms with Crippen molar-refractivity contribution in [2.45, 2.75) is 30.8 Å². The number of nitrogens with two attached hydrogens (primary N) is 1. The molecule has 1 aromatic rings. The fourth-order valence-electron chi connectivity index (χ4n) is 2.02. The van der Waals surface area contributed by atoms with Gasteiger partial charge in [-0.2, -0.15) is 13.2 Å². The van der Waals surface area contributed by atoms with Crippen molar-refractivity contribution in [1.29, 1.82) is 0 Å². The first-order valence-corrected chi connectivity index (χ1v) is 5.54. The molecule has 1 aliphatic rings. The van der Waals surface area contributed by atoms with Gasteiger partial charge in [0.05, 0.1) is 5.56 Å². The molecule has 0 amide bonds. The molecule has 0 aromatic heterocycles. The highest BCUT2D eigenvalue weighted by Gasteiger charge is 2.42. The summed E-state index contributed by atoms with van der Waals surface area (Å²) in [7, 11) is 1.47. The summed E-state index contributed by atoms with van der Waals surface area (Å²) in [4.78, 5) is 0. The Kier molecular flexibility index (Phi) is 3.49. The molecule has 3 unspecified atom stereocenters. The zero-order valence-electron chi connectivity index (χ0n) is 9.78. The predicted molar refractivity (Wildman–Crippen MR) is 59.2 cm³/mol. The van der Waals surface area contributed by atoms with Crippen LogP contribution in [0.3, 0.4) is 0 Å². The van der Waals surface area contributed by atoms with Crippen LogP contribution in [0.25, 0.3) is 0 Å². The molecule has 1 aromatic carbocycles. The van der Waals surface area contributed by atoms with Gasteiger partial charge in [0.15, 0.2) is 0 Å². The summed E-state index contributed by atoms with van der Waals surface area (Å²) in [6, 6.07) is 4.95. The molecule has 6 heteroatoms. The molecule has 1 aliphatic carbocycles. The van der Waals surface area contributed by atoms with E-state index in [9.17, 15) is 13.2 Å². The van der Waals surface area contributed by atoms with Gasteiger partial charge in [0.2, 0.25) is 0 Å². The number of hydrogen-bond donors (Lipinski definition) is 1. The van der Waals surface area contributed by atoms with Gasteiger partial charge >= 0.3 is 6.18 Å². The van der Waals surface area contributed by atoms with Crippen LogP contribution in [0.4, 0.5) is 13.2 Å². The van der Waals surface area contributed by atoms with Crippen molar-refractivity contribution in [2.75, 3.05) is 7.11 Å². The summed E-state index contributed by atoms with van der Waals surface area (Å²) in [5.41, 5.74) is 4.90. The topological polar surface area (TPSA) is 44.5 Å². The Balaban J connectivity index is 2.15. The van der Waals surface area contributed by atoms with E-state index < -0.39 is 17.8 Å². The number of rotatable bonds is 3. The number of ether oxygens (including phenoxy) is 2. The Morgan fingerprint density at radius 3 is 2.50 bits per heavy atom. The van der Waals surface area contributed by atoms with Gasteiger partial charge in [-0.25, -0.2) is 0 Å². The van der Waals surface area contributed by atoms with E-state index in [-0.39, 0.29) is 17.9 Å². The average Bonchev–Trinajstić information content (AvgIpc) is 2.28. The van der Waals surface area contributed by atoms with Crippen LogP contribution in [0.5, 0.6) is 5.75 Å². The Bertz CT molecular complexity index is 422. The molecule has 3 nitrogen and oxygen atoms in total. The molecule has 0 bridgehead atoms. The Morgan fingerprint density at radius 1 is 1.28 bits per heavy atom. The summed E-state index contributed by atoms with van der Waals surface area (Å²) in [6.45, 7) is 0. The molecule has 0 spiro atoms. The molecule has 0 saturated heterocycles. The number of alkyl halides is 3. The minimum atomic E-state index is -4.43. The molecule has 18 heavy (non-hydrogen) atoms. The minimum absolute atomic E-state index is 0.177. The smallest absolute Gasteiger partial charge is 0.419 e. The number of benzene rings is 1. The number of para-hydroxylation sites is 1. The zero-order valence-corrected chi connectivity index (χ0v) is 9.78. The second-order valence-corrected chi connectivity index (χ2v) is 4.25. The molecular weight excluding hydrogens is 247 g/mol. The van der Waals surface area contributed by atoms with Crippen molar-refractivity contribution < 1.29 is 22.6 Å². The van der Waals surface area contributed by atoms with E-state index in [1.807, 2.05) is 0 Å². The van der Waals surface area contributed by atoms with Crippen LogP contribution in [0.2, 0.25) is 0 Å². The normalized spacial score (nSPS) is 27.7. The average molecular weight is 261 g/mol. The van der Waals surface area contributed by atoms with Gasteiger partial charge in [0, 0.05) is 19.6 Å². The number of methoxy groups -OCH3 is 1. The van der Waals surface area contributed by atoms with Crippen molar-refractivity contribution >= 4 is 0 Å². The third-order valence-corrected chi connectivity index (χ3v) is 3.04. The van der Waals surface area contributed by atoms with E-state index in [0.29, 0.717) is 6.42 Å². The van der Waals surface area contributed by atoms with Crippen LogP contribution in [0, 0.1) is 0 Å². The van der Waals surface area contributed by atoms with Gasteiger partial charge in [0.1, 0.15) is 18.0 Å². The summed E-state index contributed by atoms with van der Waals surface area (Å²) in [6.07, 6.45) is -4.71. The van der Waals surface area contributed by atoms with Gasteiger partial charge in [0.25, 0.3) is 0 Å². The van der Waals surface area contributed by atoms with Gasteiger partial charge < -0.3 is 15.2 Å². The largest absolute Gasteiger partial charge is 0.487 e. The van der Waals surface area contributed by atoms with Crippen molar-refractivity contribution in [2.24, 2.45) is 5.73 Å². The van der Waals surface area contributed by atoms with Crippen LogP contribution < -0.4 is 10.5 Å². The fraction of sp³-hybridized carbons (Fsp3) is 0.500. The predicted octanol–water partition coefficient (Wildman–Crippen LogP) is 2.20. The molecule has 100 valence electrons. The van der Waals surface area contributed by atoms with Gasteiger partial charge in [-0.3, -0.25) is 0 Å². The maximum absolute atomic E-state index is 12.7.